The molecule has 1 aromatic heterocycles. The summed E-state index contributed by atoms with van der Waals surface area (Å²) in [6.07, 6.45) is 7.36. The second-order valence-electron chi connectivity index (χ2n) is 7.41. The number of aromatic nitrogens is 2. The van der Waals surface area contributed by atoms with E-state index < -0.39 is 0 Å². The van der Waals surface area contributed by atoms with Crippen LogP contribution in [0.5, 0.6) is 11.5 Å². The molecule has 1 saturated heterocycles. The molecular weight excluding hydrogens is 372 g/mol. The predicted molar refractivity (Wildman–Crippen MR) is 108 cm³/mol. The van der Waals surface area contributed by atoms with Crippen LogP contribution >= 0.6 is 0 Å². The van der Waals surface area contributed by atoms with E-state index in [1.54, 1.807) is 24.4 Å². The van der Waals surface area contributed by atoms with Crippen LogP contribution in [0.2, 0.25) is 0 Å². The van der Waals surface area contributed by atoms with Gasteiger partial charge in [-0.2, -0.15) is 0 Å². The quantitative estimate of drug-likeness (QED) is 0.771. The van der Waals surface area contributed by atoms with Crippen LogP contribution in [0, 0.1) is 0 Å². The molecule has 1 aliphatic rings. The Morgan fingerprint density at radius 2 is 2.00 bits per heavy atom. The molecule has 2 heterocycles. The van der Waals surface area contributed by atoms with Crippen molar-refractivity contribution in [3.05, 3.63) is 42.5 Å². The third kappa shape index (κ3) is 5.28. The van der Waals surface area contributed by atoms with Crippen molar-refractivity contribution >= 4 is 11.8 Å². The maximum absolute atomic E-state index is 12.9. The number of methoxy groups -OCH3 is 1. The number of ether oxygens (including phenoxy) is 2. The Morgan fingerprint density at radius 1 is 1.24 bits per heavy atom. The first-order valence-electron chi connectivity index (χ1n) is 9.85. The summed E-state index contributed by atoms with van der Waals surface area (Å²) in [5.74, 6) is 0.628. The van der Waals surface area contributed by atoms with Crippen molar-refractivity contribution in [1.82, 2.24) is 19.8 Å². The van der Waals surface area contributed by atoms with E-state index in [0.717, 1.165) is 12.8 Å². The number of carbonyl (C=O) groups excluding carboxylic acids is 2. The second-order valence-corrected chi connectivity index (χ2v) is 7.41. The third-order valence-corrected chi connectivity index (χ3v) is 4.92. The van der Waals surface area contributed by atoms with Crippen LogP contribution in [0.15, 0.2) is 36.9 Å². The average Bonchev–Trinajstić information content (AvgIpc) is 3.26. The summed E-state index contributed by atoms with van der Waals surface area (Å²) in [6.45, 7) is 5.05. The Morgan fingerprint density at radius 3 is 2.62 bits per heavy atom. The smallest absolute Gasteiger partial charge is 0.258 e. The van der Waals surface area contributed by atoms with Crippen LogP contribution in [0.25, 0.3) is 0 Å². The van der Waals surface area contributed by atoms with Crippen LogP contribution < -0.4 is 14.8 Å². The number of imidazole rings is 1. The first kappa shape index (κ1) is 20.7. The molecule has 1 aromatic carbocycles. The average molecular weight is 400 g/mol. The molecule has 29 heavy (non-hydrogen) atoms. The molecule has 1 aliphatic heterocycles. The lowest BCUT2D eigenvalue weighted by Gasteiger charge is -2.32. The van der Waals surface area contributed by atoms with Gasteiger partial charge in [0.05, 0.1) is 13.4 Å². The highest BCUT2D eigenvalue weighted by atomic mass is 16.5. The minimum Gasteiger partial charge on any atom is -0.493 e. The molecule has 0 radical (unpaired) electrons. The van der Waals surface area contributed by atoms with Gasteiger partial charge in [-0.25, -0.2) is 4.98 Å². The van der Waals surface area contributed by atoms with Crippen LogP contribution in [0.1, 0.15) is 43.1 Å². The van der Waals surface area contributed by atoms with Crippen molar-refractivity contribution in [1.29, 1.82) is 0 Å². The minimum absolute atomic E-state index is 0.0310. The molecule has 8 nitrogen and oxygen atoms in total. The number of rotatable bonds is 7. The maximum atomic E-state index is 12.9. The highest BCUT2D eigenvalue weighted by Crippen LogP contribution is 2.30. The van der Waals surface area contributed by atoms with Gasteiger partial charge in [-0.3, -0.25) is 9.59 Å². The second kappa shape index (κ2) is 9.45. The topological polar surface area (TPSA) is 85.7 Å². The standard InChI is InChI=1S/C21H28N4O4/c1-15(2)23-20(26)13-29-18-5-4-16(12-19(18)28-3)21(27)24-9-6-17(7-10-24)25-11-8-22-14-25/h4-5,8,11-12,14-15,17H,6-7,9-10,13H2,1-3H3,(H,23,26). The SMILES string of the molecule is COc1cc(C(=O)N2CCC(n3ccnc3)CC2)ccc1OCC(=O)NC(C)C. The summed E-state index contributed by atoms with van der Waals surface area (Å²) in [5, 5.41) is 2.77. The molecule has 0 aliphatic carbocycles. The summed E-state index contributed by atoms with van der Waals surface area (Å²) >= 11 is 0. The van der Waals surface area contributed by atoms with E-state index in [-0.39, 0.29) is 24.5 Å². The van der Waals surface area contributed by atoms with E-state index in [0.29, 0.717) is 36.2 Å². The monoisotopic (exact) mass is 400 g/mol. The number of piperidine rings is 1. The van der Waals surface area contributed by atoms with Gasteiger partial charge < -0.3 is 24.3 Å². The minimum atomic E-state index is -0.206. The van der Waals surface area contributed by atoms with Crippen molar-refractivity contribution in [2.75, 3.05) is 26.8 Å². The Bertz CT molecular complexity index is 827. The van der Waals surface area contributed by atoms with Gasteiger partial charge in [-0.15, -0.1) is 0 Å². The number of hydrogen-bond acceptors (Lipinski definition) is 5. The molecule has 3 rings (SSSR count). The molecule has 0 atom stereocenters. The molecule has 0 spiro atoms. The third-order valence-electron chi connectivity index (χ3n) is 4.92. The first-order valence-corrected chi connectivity index (χ1v) is 9.85. The number of nitrogens with zero attached hydrogens (tertiary/aromatic N) is 3. The van der Waals surface area contributed by atoms with E-state index in [1.165, 1.54) is 7.11 Å². The predicted octanol–water partition coefficient (Wildman–Crippen LogP) is 2.27. The number of nitrogens with one attached hydrogen (secondary N) is 1. The van der Waals surface area contributed by atoms with Crippen LogP contribution in [-0.4, -0.2) is 59.1 Å². The number of likely N-dealkylation sites (tertiary alicyclic amines) is 1. The Balaban J connectivity index is 1.60. The summed E-state index contributed by atoms with van der Waals surface area (Å²) in [6, 6.07) is 5.48. The molecule has 8 heteroatoms. The lowest BCUT2D eigenvalue weighted by molar-refractivity contribution is -0.123. The van der Waals surface area contributed by atoms with Gasteiger partial charge in [0.2, 0.25) is 0 Å². The van der Waals surface area contributed by atoms with Gasteiger partial charge in [0.1, 0.15) is 0 Å². The fraction of sp³-hybridized carbons (Fsp3) is 0.476. The Labute approximate surface area is 170 Å². The van der Waals surface area contributed by atoms with Gasteiger partial charge in [-0.1, -0.05) is 0 Å². The number of hydrogen-bond donors (Lipinski definition) is 1. The van der Waals surface area contributed by atoms with Crippen molar-refractivity contribution in [2.45, 2.75) is 38.8 Å². The van der Waals surface area contributed by atoms with Crippen molar-refractivity contribution in [3.8, 4) is 11.5 Å². The highest BCUT2D eigenvalue weighted by molar-refractivity contribution is 5.95. The molecule has 0 bridgehead atoms. The van der Waals surface area contributed by atoms with Crippen molar-refractivity contribution in [3.63, 3.8) is 0 Å². The van der Waals surface area contributed by atoms with Gasteiger partial charge in [0, 0.05) is 43.1 Å². The van der Waals surface area contributed by atoms with Gasteiger partial charge >= 0.3 is 0 Å². The van der Waals surface area contributed by atoms with Crippen LogP contribution in [0.3, 0.4) is 0 Å². The Hall–Kier alpha value is -3.03. The van der Waals surface area contributed by atoms with Crippen LogP contribution in [0.4, 0.5) is 0 Å². The summed E-state index contributed by atoms with van der Waals surface area (Å²) in [4.78, 5) is 30.6. The number of carbonyl (C=O) groups is 2. The number of amides is 2. The summed E-state index contributed by atoms with van der Waals surface area (Å²) in [5.41, 5.74) is 0.543. The van der Waals surface area contributed by atoms with E-state index in [4.69, 9.17) is 9.47 Å². The zero-order valence-corrected chi connectivity index (χ0v) is 17.1. The van der Waals surface area contributed by atoms with Gasteiger partial charge in [-0.05, 0) is 44.9 Å². The highest BCUT2D eigenvalue weighted by Gasteiger charge is 2.25. The zero-order valence-electron chi connectivity index (χ0n) is 17.1. The fourth-order valence-electron chi connectivity index (χ4n) is 3.46. The van der Waals surface area contributed by atoms with Gasteiger partial charge in [0.15, 0.2) is 18.1 Å². The van der Waals surface area contributed by atoms with E-state index in [2.05, 4.69) is 14.9 Å². The molecule has 1 N–H and O–H groups in total. The zero-order chi connectivity index (χ0) is 20.8. The lowest BCUT2D eigenvalue weighted by atomic mass is 10.0. The Kier molecular flexibility index (Phi) is 6.74. The van der Waals surface area contributed by atoms with E-state index >= 15 is 0 Å². The van der Waals surface area contributed by atoms with Crippen LogP contribution in [-0.2, 0) is 4.79 Å². The molecule has 1 fully saturated rings. The summed E-state index contributed by atoms with van der Waals surface area (Å²) < 4.78 is 13.0. The number of benzene rings is 1. The normalized spacial score (nSPS) is 14.7. The largest absolute Gasteiger partial charge is 0.493 e. The van der Waals surface area contributed by atoms with Gasteiger partial charge in [0.25, 0.3) is 11.8 Å². The summed E-state index contributed by atoms with van der Waals surface area (Å²) in [7, 11) is 1.52. The van der Waals surface area contributed by atoms with Crippen molar-refractivity contribution in [2.24, 2.45) is 0 Å². The molecular formula is C21H28N4O4. The molecule has 2 aromatic rings. The first-order chi connectivity index (χ1) is 14.0. The van der Waals surface area contributed by atoms with Crippen molar-refractivity contribution < 1.29 is 19.1 Å². The molecule has 0 unspecified atom stereocenters. The molecule has 2 amide bonds. The van der Waals surface area contributed by atoms with E-state index in [1.807, 2.05) is 31.3 Å². The lowest BCUT2D eigenvalue weighted by Crippen LogP contribution is -2.38. The molecule has 156 valence electrons. The molecule has 0 saturated carbocycles. The maximum Gasteiger partial charge on any atom is 0.258 e. The van der Waals surface area contributed by atoms with E-state index in [9.17, 15) is 9.59 Å². The fourth-order valence-corrected chi connectivity index (χ4v) is 3.46.